The number of carbonyl (C=O) groups excluding carboxylic acids is 2. The van der Waals surface area contributed by atoms with E-state index in [0.29, 0.717) is 17.8 Å². The first kappa shape index (κ1) is 12.0. The molecule has 1 rings (SSSR count). The minimum atomic E-state index is -0.327. The van der Waals surface area contributed by atoms with Gasteiger partial charge in [-0.05, 0) is 30.3 Å². The molecule has 0 aliphatic carbocycles. The number of rotatable bonds is 4. The van der Waals surface area contributed by atoms with E-state index in [9.17, 15) is 9.59 Å². The third-order valence-corrected chi connectivity index (χ3v) is 1.95. The molecule has 4 nitrogen and oxygen atoms in total. The lowest BCUT2D eigenvalue weighted by atomic mass is 10.2. The highest BCUT2D eigenvalue weighted by atomic mass is 16.1. The number of hydrogen-bond acceptors (Lipinski definition) is 3. The molecule has 1 aromatic carbocycles. The van der Waals surface area contributed by atoms with Gasteiger partial charge < -0.3 is 11.1 Å². The fourth-order valence-electron chi connectivity index (χ4n) is 1.04. The Balaban J connectivity index is 2.55. The van der Waals surface area contributed by atoms with Crippen molar-refractivity contribution in [1.29, 1.82) is 0 Å². The average molecular weight is 218 g/mol. The van der Waals surface area contributed by atoms with Gasteiger partial charge in [-0.1, -0.05) is 6.92 Å². The fourth-order valence-corrected chi connectivity index (χ4v) is 1.04. The second-order valence-corrected chi connectivity index (χ2v) is 3.26. The lowest BCUT2D eigenvalue weighted by molar-refractivity contribution is -0.115. The van der Waals surface area contributed by atoms with Crippen molar-refractivity contribution >= 4 is 23.1 Å². The SMILES string of the molecule is CCC(=O)/C=C/C(=O)Nc1ccc(N)cc1. The molecular weight excluding hydrogens is 204 g/mol. The average Bonchev–Trinajstić information content (AvgIpc) is 2.29. The first-order chi connectivity index (χ1) is 7.61. The topological polar surface area (TPSA) is 72.2 Å². The summed E-state index contributed by atoms with van der Waals surface area (Å²) in [4.78, 5) is 22.3. The van der Waals surface area contributed by atoms with Crippen molar-refractivity contribution in [2.24, 2.45) is 0 Å². The van der Waals surface area contributed by atoms with E-state index in [-0.39, 0.29) is 11.7 Å². The van der Waals surface area contributed by atoms with Crippen LogP contribution in [0.25, 0.3) is 0 Å². The maximum atomic E-state index is 11.3. The molecule has 0 radical (unpaired) electrons. The van der Waals surface area contributed by atoms with Crippen LogP contribution in [0.15, 0.2) is 36.4 Å². The zero-order valence-corrected chi connectivity index (χ0v) is 9.07. The number of nitrogens with two attached hydrogens (primary N) is 1. The number of benzene rings is 1. The Labute approximate surface area is 94.1 Å². The maximum absolute atomic E-state index is 11.3. The van der Waals surface area contributed by atoms with Crippen LogP contribution in [0, 0.1) is 0 Å². The number of amides is 1. The van der Waals surface area contributed by atoms with Gasteiger partial charge in [0, 0.05) is 23.9 Å². The summed E-state index contributed by atoms with van der Waals surface area (Å²) in [5.74, 6) is -0.404. The van der Waals surface area contributed by atoms with Crippen molar-refractivity contribution in [2.75, 3.05) is 11.1 Å². The smallest absolute Gasteiger partial charge is 0.248 e. The molecule has 0 heterocycles. The molecule has 0 unspecified atom stereocenters. The minimum absolute atomic E-state index is 0.0764. The molecule has 0 saturated heterocycles. The van der Waals surface area contributed by atoms with Gasteiger partial charge in [-0.15, -0.1) is 0 Å². The van der Waals surface area contributed by atoms with Crippen LogP contribution < -0.4 is 11.1 Å². The van der Waals surface area contributed by atoms with Gasteiger partial charge in [0.15, 0.2) is 5.78 Å². The molecule has 1 amide bonds. The van der Waals surface area contributed by atoms with Crippen molar-refractivity contribution in [3.05, 3.63) is 36.4 Å². The molecule has 1 aromatic rings. The van der Waals surface area contributed by atoms with Crippen molar-refractivity contribution in [3.8, 4) is 0 Å². The van der Waals surface area contributed by atoms with Crippen LogP contribution in [0.1, 0.15) is 13.3 Å². The van der Waals surface area contributed by atoms with Gasteiger partial charge in [-0.25, -0.2) is 0 Å². The first-order valence-electron chi connectivity index (χ1n) is 4.99. The van der Waals surface area contributed by atoms with Crippen molar-refractivity contribution < 1.29 is 9.59 Å². The van der Waals surface area contributed by atoms with E-state index in [4.69, 9.17) is 5.73 Å². The summed E-state index contributed by atoms with van der Waals surface area (Å²) in [6, 6.07) is 6.78. The predicted octanol–water partition coefficient (Wildman–Crippen LogP) is 1.74. The summed E-state index contributed by atoms with van der Waals surface area (Å²) in [5.41, 5.74) is 6.78. The van der Waals surface area contributed by atoms with E-state index in [2.05, 4.69) is 5.32 Å². The lowest BCUT2D eigenvalue weighted by Crippen LogP contribution is -2.08. The van der Waals surface area contributed by atoms with E-state index in [1.807, 2.05) is 0 Å². The molecule has 0 atom stereocenters. The molecule has 16 heavy (non-hydrogen) atoms. The van der Waals surface area contributed by atoms with E-state index in [1.54, 1.807) is 31.2 Å². The van der Waals surface area contributed by atoms with E-state index in [1.165, 1.54) is 12.2 Å². The van der Waals surface area contributed by atoms with E-state index < -0.39 is 0 Å². The molecule has 3 N–H and O–H groups in total. The number of carbonyl (C=O) groups is 2. The van der Waals surface area contributed by atoms with Crippen molar-refractivity contribution in [1.82, 2.24) is 0 Å². The van der Waals surface area contributed by atoms with E-state index in [0.717, 1.165) is 0 Å². The van der Waals surface area contributed by atoms with Crippen molar-refractivity contribution in [3.63, 3.8) is 0 Å². The number of hydrogen-bond donors (Lipinski definition) is 2. The summed E-state index contributed by atoms with van der Waals surface area (Å²) in [6.45, 7) is 1.74. The lowest BCUT2D eigenvalue weighted by Gasteiger charge is -2.01. The molecule has 0 fully saturated rings. The van der Waals surface area contributed by atoms with Crippen LogP contribution >= 0.6 is 0 Å². The summed E-state index contributed by atoms with van der Waals surface area (Å²) < 4.78 is 0. The second-order valence-electron chi connectivity index (χ2n) is 3.26. The molecule has 0 saturated carbocycles. The molecular formula is C12H14N2O2. The number of anilines is 2. The van der Waals surface area contributed by atoms with Gasteiger partial charge in [0.2, 0.25) is 5.91 Å². The number of ketones is 1. The van der Waals surface area contributed by atoms with Gasteiger partial charge in [0.25, 0.3) is 0 Å². The Morgan fingerprint density at radius 3 is 2.44 bits per heavy atom. The Hall–Kier alpha value is -2.10. The Morgan fingerprint density at radius 1 is 1.25 bits per heavy atom. The quantitative estimate of drug-likeness (QED) is 0.597. The Kier molecular flexibility index (Phi) is 4.27. The predicted molar refractivity (Wildman–Crippen MR) is 63.9 cm³/mol. The number of nitrogen functional groups attached to an aromatic ring is 1. The van der Waals surface area contributed by atoms with Crippen LogP contribution in [0.5, 0.6) is 0 Å². The minimum Gasteiger partial charge on any atom is -0.399 e. The zero-order valence-electron chi connectivity index (χ0n) is 9.07. The highest BCUT2D eigenvalue weighted by Crippen LogP contribution is 2.10. The van der Waals surface area contributed by atoms with Gasteiger partial charge >= 0.3 is 0 Å². The third-order valence-electron chi connectivity index (χ3n) is 1.95. The largest absolute Gasteiger partial charge is 0.399 e. The van der Waals surface area contributed by atoms with Crippen LogP contribution in [-0.4, -0.2) is 11.7 Å². The summed E-state index contributed by atoms with van der Waals surface area (Å²) >= 11 is 0. The van der Waals surface area contributed by atoms with Crippen LogP contribution in [0.4, 0.5) is 11.4 Å². The Bertz CT molecular complexity index is 408. The van der Waals surface area contributed by atoms with Crippen molar-refractivity contribution in [2.45, 2.75) is 13.3 Å². The second kappa shape index (κ2) is 5.70. The third kappa shape index (κ3) is 3.96. The molecule has 0 aliphatic heterocycles. The maximum Gasteiger partial charge on any atom is 0.248 e. The highest BCUT2D eigenvalue weighted by Gasteiger charge is 1.98. The molecule has 0 spiro atoms. The number of allylic oxidation sites excluding steroid dienone is 1. The molecule has 4 heteroatoms. The monoisotopic (exact) mass is 218 g/mol. The normalized spacial score (nSPS) is 10.3. The molecule has 0 aliphatic rings. The van der Waals surface area contributed by atoms with Gasteiger partial charge in [-0.3, -0.25) is 9.59 Å². The first-order valence-corrected chi connectivity index (χ1v) is 4.99. The highest BCUT2D eigenvalue weighted by molar-refractivity contribution is 6.03. The standard InChI is InChI=1S/C12H14N2O2/c1-2-11(15)7-8-12(16)14-10-5-3-9(13)4-6-10/h3-8H,2,13H2,1H3,(H,14,16)/b8-7+. The van der Waals surface area contributed by atoms with Crippen LogP contribution in [-0.2, 0) is 9.59 Å². The molecule has 0 aromatic heterocycles. The fraction of sp³-hybridized carbons (Fsp3) is 0.167. The van der Waals surface area contributed by atoms with E-state index >= 15 is 0 Å². The number of nitrogens with one attached hydrogen (secondary N) is 1. The molecule has 0 bridgehead atoms. The summed E-state index contributed by atoms with van der Waals surface area (Å²) in [6.07, 6.45) is 2.89. The van der Waals surface area contributed by atoms with Gasteiger partial charge in [0.1, 0.15) is 0 Å². The van der Waals surface area contributed by atoms with Crippen LogP contribution in [0.2, 0.25) is 0 Å². The summed E-state index contributed by atoms with van der Waals surface area (Å²) in [7, 11) is 0. The van der Waals surface area contributed by atoms with Gasteiger partial charge in [0.05, 0.1) is 0 Å². The summed E-state index contributed by atoms with van der Waals surface area (Å²) in [5, 5.41) is 2.62. The Morgan fingerprint density at radius 2 is 1.88 bits per heavy atom. The molecule has 84 valence electrons. The zero-order chi connectivity index (χ0) is 12.0. The van der Waals surface area contributed by atoms with Gasteiger partial charge in [-0.2, -0.15) is 0 Å². The van der Waals surface area contributed by atoms with Crippen LogP contribution in [0.3, 0.4) is 0 Å².